The Morgan fingerprint density at radius 1 is 1.23 bits per heavy atom. The third-order valence-electron chi connectivity index (χ3n) is 4.05. The van der Waals surface area contributed by atoms with Crippen molar-refractivity contribution in [2.75, 3.05) is 26.7 Å². The van der Waals surface area contributed by atoms with Crippen molar-refractivity contribution in [3.05, 3.63) is 23.8 Å². The molecule has 0 aromatic carbocycles. The van der Waals surface area contributed by atoms with E-state index in [-0.39, 0.29) is 29.2 Å². The van der Waals surface area contributed by atoms with Gasteiger partial charge < -0.3 is 14.5 Å². The maximum atomic E-state index is 12.4. The smallest absolute Gasteiger partial charge is 0.358 e. The molecule has 1 unspecified atom stereocenters. The zero-order chi connectivity index (χ0) is 15.7. The maximum absolute atomic E-state index is 12.4. The second-order valence-electron chi connectivity index (χ2n) is 5.31. The lowest BCUT2D eigenvalue weighted by Crippen LogP contribution is -2.53. The summed E-state index contributed by atoms with van der Waals surface area (Å²) >= 11 is 0. The number of methoxy groups -OCH3 is 1. The fourth-order valence-corrected chi connectivity index (χ4v) is 2.86. The molecule has 0 aliphatic carbocycles. The third kappa shape index (κ3) is 2.51. The van der Waals surface area contributed by atoms with Gasteiger partial charge in [0.25, 0.3) is 5.91 Å². The van der Waals surface area contributed by atoms with Crippen LogP contribution < -0.4 is 0 Å². The van der Waals surface area contributed by atoms with E-state index in [2.05, 4.69) is 14.7 Å². The van der Waals surface area contributed by atoms with Crippen LogP contribution in [0.5, 0.6) is 0 Å². The van der Waals surface area contributed by atoms with Crippen LogP contribution in [0.3, 0.4) is 0 Å². The lowest BCUT2D eigenvalue weighted by Gasteiger charge is -2.37. The summed E-state index contributed by atoms with van der Waals surface area (Å²) in [5.74, 6) is -0.660. The molecule has 1 aromatic heterocycles. The van der Waals surface area contributed by atoms with Gasteiger partial charge in [-0.2, -0.15) is 0 Å². The average molecular weight is 304 g/mol. The van der Waals surface area contributed by atoms with Crippen LogP contribution in [0.1, 0.15) is 33.8 Å². The molecule has 8 nitrogen and oxygen atoms in total. The molecule has 0 radical (unpaired) electrons. The second-order valence-corrected chi connectivity index (χ2v) is 5.31. The first-order valence-corrected chi connectivity index (χ1v) is 7.09. The van der Waals surface area contributed by atoms with Crippen LogP contribution in [0.4, 0.5) is 0 Å². The molecule has 0 bridgehead atoms. The number of piperazine rings is 1. The highest BCUT2D eigenvalue weighted by atomic mass is 16.5. The Morgan fingerprint density at radius 3 is 2.64 bits per heavy atom. The standard InChI is InChI=1S/C14H16N4O4/c1-22-14(21)11-7-15-10(6-16-11)13(20)17-4-5-18-9(8-17)2-3-12(18)19/h6-7,9H,2-5,8H2,1H3. The van der Waals surface area contributed by atoms with Gasteiger partial charge in [-0.25, -0.2) is 14.8 Å². The van der Waals surface area contributed by atoms with Crippen molar-refractivity contribution < 1.29 is 19.1 Å². The van der Waals surface area contributed by atoms with Gasteiger partial charge in [-0.15, -0.1) is 0 Å². The Hall–Kier alpha value is -2.51. The van der Waals surface area contributed by atoms with E-state index in [0.717, 1.165) is 6.42 Å². The topological polar surface area (TPSA) is 92.7 Å². The number of amides is 2. The van der Waals surface area contributed by atoms with Gasteiger partial charge in [0.2, 0.25) is 5.91 Å². The first kappa shape index (κ1) is 14.4. The van der Waals surface area contributed by atoms with Gasteiger partial charge >= 0.3 is 5.97 Å². The molecule has 2 amide bonds. The number of fused-ring (bicyclic) bond motifs is 1. The Labute approximate surface area is 127 Å². The monoisotopic (exact) mass is 304 g/mol. The molecular formula is C14H16N4O4. The lowest BCUT2D eigenvalue weighted by molar-refractivity contribution is -0.130. The highest BCUT2D eigenvalue weighted by Gasteiger charge is 2.37. The van der Waals surface area contributed by atoms with Crippen LogP contribution in [0.25, 0.3) is 0 Å². The van der Waals surface area contributed by atoms with Gasteiger partial charge in [0, 0.05) is 32.1 Å². The number of rotatable bonds is 2. The Balaban J connectivity index is 1.69. The molecule has 3 rings (SSSR count). The van der Waals surface area contributed by atoms with Gasteiger partial charge in [0.15, 0.2) is 5.69 Å². The number of hydrogen-bond acceptors (Lipinski definition) is 6. The van der Waals surface area contributed by atoms with Crippen molar-refractivity contribution in [3.63, 3.8) is 0 Å². The van der Waals surface area contributed by atoms with E-state index in [1.807, 2.05) is 4.90 Å². The average Bonchev–Trinajstić information content (AvgIpc) is 2.94. The van der Waals surface area contributed by atoms with E-state index in [9.17, 15) is 14.4 Å². The van der Waals surface area contributed by atoms with Crippen LogP contribution in [0.15, 0.2) is 12.4 Å². The number of carbonyl (C=O) groups is 3. The molecule has 8 heteroatoms. The summed E-state index contributed by atoms with van der Waals surface area (Å²) < 4.78 is 4.54. The molecular weight excluding hydrogens is 288 g/mol. The number of hydrogen-bond donors (Lipinski definition) is 0. The van der Waals surface area contributed by atoms with Crippen LogP contribution in [-0.4, -0.2) is 70.3 Å². The number of ether oxygens (including phenoxy) is 1. The van der Waals surface area contributed by atoms with Gasteiger partial charge in [-0.3, -0.25) is 9.59 Å². The molecule has 2 aliphatic rings. The largest absolute Gasteiger partial charge is 0.464 e. The molecule has 2 saturated heterocycles. The highest BCUT2D eigenvalue weighted by Crippen LogP contribution is 2.23. The Bertz CT molecular complexity index is 616. The van der Waals surface area contributed by atoms with E-state index < -0.39 is 5.97 Å². The fraction of sp³-hybridized carbons (Fsp3) is 0.500. The third-order valence-corrected chi connectivity index (χ3v) is 4.05. The molecule has 1 aromatic rings. The minimum atomic E-state index is -0.593. The van der Waals surface area contributed by atoms with Gasteiger partial charge in [0.1, 0.15) is 5.69 Å². The van der Waals surface area contributed by atoms with Crippen molar-refractivity contribution in [2.24, 2.45) is 0 Å². The van der Waals surface area contributed by atoms with Crippen molar-refractivity contribution >= 4 is 17.8 Å². The normalized spacial score (nSPS) is 20.8. The van der Waals surface area contributed by atoms with Crippen LogP contribution in [0.2, 0.25) is 0 Å². The van der Waals surface area contributed by atoms with Gasteiger partial charge in [0.05, 0.1) is 19.5 Å². The van der Waals surface area contributed by atoms with Crippen LogP contribution >= 0.6 is 0 Å². The van der Waals surface area contributed by atoms with E-state index in [1.54, 1.807) is 4.90 Å². The second kappa shape index (κ2) is 5.70. The van der Waals surface area contributed by atoms with Crippen LogP contribution in [0, 0.1) is 0 Å². The Morgan fingerprint density at radius 2 is 1.95 bits per heavy atom. The summed E-state index contributed by atoms with van der Waals surface area (Å²) in [6.07, 6.45) is 3.85. The zero-order valence-electron chi connectivity index (χ0n) is 12.2. The van der Waals surface area contributed by atoms with Crippen molar-refractivity contribution in [1.82, 2.24) is 19.8 Å². The summed E-state index contributed by atoms with van der Waals surface area (Å²) in [4.78, 5) is 46.8. The molecule has 2 fully saturated rings. The van der Waals surface area contributed by atoms with E-state index in [4.69, 9.17) is 0 Å². The summed E-state index contributed by atoms with van der Waals surface area (Å²) in [6.45, 7) is 1.56. The van der Waals surface area contributed by atoms with Gasteiger partial charge in [-0.05, 0) is 6.42 Å². The lowest BCUT2D eigenvalue weighted by atomic mass is 10.1. The van der Waals surface area contributed by atoms with Crippen LogP contribution in [-0.2, 0) is 9.53 Å². The minimum Gasteiger partial charge on any atom is -0.464 e. The number of carbonyl (C=O) groups excluding carboxylic acids is 3. The predicted octanol–water partition coefficient (Wildman–Crippen LogP) is -0.290. The summed E-state index contributed by atoms with van der Waals surface area (Å²) in [5, 5.41) is 0. The number of esters is 1. The number of nitrogens with zero attached hydrogens (tertiary/aromatic N) is 4. The summed E-state index contributed by atoms with van der Waals surface area (Å²) in [7, 11) is 1.26. The highest BCUT2D eigenvalue weighted by molar-refractivity contribution is 5.93. The molecule has 2 aliphatic heterocycles. The molecule has 22 heavy (non-hydrogen) atoms. The van der Waals surface area contributed by atoms with Gasteiger partial charge in [-0.1, -0.05) is 0 Å². The first-order valence-electron chi connectivity index (χ1n) is 7.09. The summed E-state index contributed by atoms with van der Waals surface area (Å²) in [5.41, 5.74) is 0.246. The fourth-order valence-electron chi connectivity index (χ4n) is 2.86. The van der Waals surface area contributed by atoms with Crippen molar-refractivity contribution in [3.8, 4) is 0 Å². The van der Waals surface area contributed by atoms with Crippen molar-refractivity contribution in [2.45, 2.75) is 18.9 Å². The number of aromatic nitrogens is 2. The molecule has 0 spiro atoms. The first-order chi connectivity index (χ1) is 10.6. The summed E-state index contributed by atoms with van der Waals surface area (Å²) in [6, 6.07) is 0.104. The van der Waals surface area contributed by atoms with E-state index in [0.29, 0.717) is 26.1 Å². The minimum absolute atomic E-state index is 0.0604. The molecule has 116 valence electrons. The molecule has 1 atom stereocenters. The van der Waals surface area contributed by atoms with E-state index >= 15 is 0 Å². The molecule has 3 heterocycles. The SMILES string of the molecule is COC(=O)c1cnc(C(=O)N2CCN3C(=O)CCC3C2)cn1. The van der Waals surface area contributed by atoms with E-state index in [1.165, 1.54) is 19.5 Å². The zero-order valence-corrected chi connectivity index (χ0v) is 12.2. The molecule has 0 N–H and O–H groups in total. The maximum Gasteiger partial charge on any atom is 0.358 e. The van der Waals surface area contributed by atoms with Crippen molar-refractivity contribution in [1.29, 1.82) is 0 Å². The Kier molecular flexibility index (Phi) is 3.74. The molecule has 0 saturated carbocycles. The predicted molar refractivity (Wildman–Crippen MR) is 74.0 cm³/mol. The quantitative estimate of drug-likeness (QED) is 0.697.